The van der Waals surface area contributed by atoms with Gasteiger partial charge in [0.15, 0.2) is 11.5 Å². The highest BCUT2D eigenvalue weighted by atomic mass is 19.1. The first-order valence-corrected chi connectivity index (χ1v) is 9.45. The summed E-state index contributed by atoms with van der Waals surface area (Å²) in [5, 5.41) is 10.4. The third kappa shape index (κ3) is 4.25. The maximum atomic E-state index is 13.4. The smallest absolute Gasteiger partial charge is 0.306 e. The molecule has 30 heavy (non-hydrogen) atoms. The molecule has 0 fully saturated rings. The lowest BCUT2D eigenvalue weighted by Crippen LogP contribution is -2.35. The van der Waals surface area contributed by atoms with E-state index in [1.54, 1.807) is 0 Å². The molecule has 1 aliphatic rings. The van der Waals surface area contributed by atoms with E-state index in [4.69, 9.17) is 4.74 Å². The van der Waals surface area contributed by atoms with Crippen LogP contribution in [0.15, 0.2) is 65.9 Å². The van der Waals surface area contributed by atoms with Crippen LogP contribution in [0.5, 0.6) is 0 Å². The molecule has 0 spiro atoms. The Morgan fingerprint density at radius 1 is 1.13 bits per heavy atom. The second-order valence-electron chi connectivity index (χ2n) is 7.12. The molecule has 0 radical (unpaired) electrons. The van der Waals surface area contributed by atoms with Gasteiger partial charge in [-0.05, 0) is 30.2 Å². The summed E-state index contributed by atoms with van der Waals surface area (Å²) in [4.78, 5) is 38.4. The fourth-order valence-corrected chi connectivity index (χ4v) is 3.73. The van der Waals surface area contributed by atoms with Crippen molar-refractivity contribution in [1.82, 2.24) is 4.90 Å². The Balaban J connectivity index is 2.02. The van der Waals surface area contributed by atoms with Gasteiger partial charge in [0.25, 0.3) is 5.91 Å². The summed E-state index contributed by atoms with van der Waals surface area (Å²) in [7, 11) is 1.29. The fraction of sp³-hybridized carbons (Fsp3) is 0.261. The van der Waals surface area contributed by atoms with Crippen LogP contribution < -0.4 is 0 Å². The molecule has 156 valence electrons. The molecule has 1 aliphatic heterocycles. The largest absolute Gasteiger partial charge is 0.503 e. The number of carbonyl (C=O) groups is 3. The molecule has 0 bridgehead atoms. The summed E-state index contributed by atoms with van der Waals surface area (Å²) in [6.07, 6.45) is 0.0105. The third-order valence-corrected chi connectivity index (χ3v) is 5.20. The zero-order valence-corrected chi connectivity index (χ0v) is 16.7. The number of ether oxygens (including phenoxy) is 1. The van der Waals surface area contributed by atoms with Crippen molar-refractivity contribution in [1.29, 1.82) is 0 Å². The lowest BCUT2D eigenvalue weighted by Gasteiger charge is -2.30. The average Bonchev–Trinajstić information content (AvgIpc) is 2.99. The van der Waals surface area contributed by atoms with Gasteiger partial charge >= 0.3 is 5.97 Å². The fourth-order valence-electron chi connectivity index (χ4n) is 3.73. The quantitative estimate of drug-likeness (QED) is 0.706. The lowest BCUT2D eigenvalue weighted by molar-refractivity contribution is -0.141. The first-order valence-electron chi connectivity index (χ1n) is 9.45. The van der Waals surface area contributed by atoms with Gasteiger partial charge in [-0.3, -0.25) is 14.4 Å². The highest BCUT2D eigenvalue weighted by molar-refractivity contribution is 6.08. The highest BCUT2D eigenvalue weighted by Crippen LogP contribution is 2.39. The standard InChI is InChI=1S/C23H22FNO5/c1-14(26)20-21(16-8-10-18(24)11-9-16)25(23(29)22(20)28)13-17(12-19(27)30-2)15-6-4-3-5-7-15/h3-11,17,21,28H,12-13H2,1-2H3/t17-,21-/m1/s1. The molecule has 6 nitrogen and oxygen atoms in total. The van der Waals surface area contributed by atoms with Crippen molar-refractivity contribution in [3.05, 3.63) is 82.9 Å². The number of esters is 1. The first-order chi connectivity index (χ1) is 14.3. The molecular weight excluding hydrogens is 389 g/mol. The number of hydrogen-bond acceptors (Lipinski definition) is 5. The summed E-state index contributed by atoms with van der Waals surface area (Å²) >= 11 is 0. The lowest BCUT2D eigenvalue weighted by atomic mass is 9.92. The predicted molar refractivity (Wildman–Crippen MR) is 107 cm³/mol. The van der Waals surface area contributed by atoms with E-state index in [0.717, 1.165) is 5.56 Å². The van der Waals surface area contributed by atoms with Crippen molar-refractivity contribution in [2.75, 3.05) is 13.7 Å². The van der Waals surface area contributed by atoms with Crippen LogP contribution in [0.3, 0.4) is 0 Å². The van der Waals surface area contributed by atoms with E-state index >= 15 is 0 Å². The number of methoxy groups -OCH3 is 1. The maximum absolute atomic E-state index is 13.4. The van der Waals surface area contributed by atoms with E-state index in [2.05, 4.69) is 0 Å². The van der Waals surface area contributed by atoms with Crippen LogP contribution >= 0.6 is 0 Å². The SMILES string of the molecule is COC(=O)C[C@H](CN1C(=O)C(O)=C(C(C)=O)[C@H]1c1ccc(F)cc1)c1ccccc1. The van der Waals surface area contributed by atoms with Crippen molar-refractivity contribution in [3.63, 3.8) is 0 Å². The topological polar surface area (TPSA) is 83.9 Å². The van der Waals surface area contributed by atoms with E-state index in [0.29, 0.717) is 5.56 Å². The molecule has 1 amide bonds. The number of Topliss-reactive ketones (excluding diaryl/α,β-unsaturated/α-hetero) is 1. The number of halogens is 1. The van der Waals surface area contributed by atoms with Gasteiger partial charge < -0.3 is 14.7 Å². The van der Waals surface area contributed by atoms with Gasteiger partial charge in [-0.1, -0.05) is 42.5 Å². The van der Waals surface area contributed by atoms with Crippen LogP contribution in [-0.2, 0) is 19.1 Å². The zero-order chi connectivity index (χ0) is 21.8. The second kappa shape index (κ2) is 8.90. The molecule has 0 saturated carbocycles. The molecule has 3 rings (SSSR count). The normalized spacial score (nSPS) is 17.2. The second-order valence-corrected chi connectivity index (χ2v) is 7.12. The number of amides is 1. The van der Waals surface area contributed by atoms with Gasteiger partial charge in [0.05, 0.1) is 25.1 Å². The molecular formula is C23H22FNO5. The van der Waals surface area contributed by atoms with Crippen LogP contribution in [0.1, 0.15) is 36.4 Å². The molecule has 2 atom stereocenters. The number of rotatable bonds is 7. The summed E-state index contributed by atoms with van der Waals surface area (Å²) in [5.74, 6) is -3.12. The molecule has 7 heteroatoms. The van der Waals surface area contributed by atoms with Crippen LogP contribution in [0.2, 0.25) is 0 Å². The summed E-state index contributed by atoms with van der Waals surface area (Å²) in [6.45, 7) is 1.32. The molecule has 2 aromatic carbocycles. The Hall–Kier alpha value is -3.48. The minimum atomic E-state index is -0.876. The molecule has 2 aromatic rings. The van der Waals surface area contributed by atoms with Gasteiger partial charge in [0.2, 0.25) is 0 Å². The van der Waals surface area contributed by atoms with Crippen molar-refractivity contribution in [2.24, 2.45) is 0 Å². The number of ketones is 1. The van der Waals surface area contributed by atoms with E-state index in [1.807, 2.05) is 30.3 Å². The van der Waals surface area contributed by atoms with Gasteiger partial charge in [-0.25, -0.2) is 4.39 Å². The van der Waals surface area contributed by atoms with Gasteiger partial charge in [0, 0.05) is 12.5 Å². The summed E-state index contributed by atoms with van der Waals surface area (Å²) < 4.78 is 18.2. The zero-order valence-electron chi connectivity index (χ0n) is 16.7. The predicted octanol–water partition coefficient (Wildman–Crippen LogP) is 3.46. The van der Waals surface area contributed by atoms with Crippen LogP contribution in [0.25, 0.3) is 0 Å². The number of aliphatic hydroxyl groups excluding tert-OH is 1. The van der Waals surface area contributed by atoms with E-state index < -0.39 is 41.2 Å². The van der Waals surface area contributed by atoms with E-state index in [1.165, 1.54) is 43.2 Å². The van der Waals surface area contributed by atoms with Gasteiger partial charge in [-0.2, -0.15) is 0 Å². The van der Waals surface area contributed by atoms with Crippen LogP contribution in [0.4, 0.5) is 4.39 Å². The average molecular weight is 411 g/mol. The molecule has 0 saturated heterocycles. The van der Waals surface area contributed by atoms with Crippen molar-refractivity contribution >= 4 is 17.7 Å². The third-order valence-electron chi connectivity index (χ3n) is 5.20. The van der Waals surface area contributed by atoms with Crippen molar-refractivity contribution in [2.45, 2.75) is 25.3 Å². The number of carbonyl (C=O) groups excluding carboxylic acids is 3. The Morgan fingerprint density at radius 2 is 1.77 bits per heavy atom. The molecule has 1 N–H and O–H groups in total. The Kier molecular flexibility index (Phi) is 6.30. The Labute approximate surface area is 173 Å². The molecule has 0 aliphatic carbocycles. The molecule has 0 aromatic heterocycles. The molecule has 1 heterocycles. The minimum absolute atomic E-state index is 0.0105. The first kappa shape index (κ1) is 21.2. The monoisotopic (exact) mass is 411 g/mol. The van der Waals surface area contributed by atoms with Gasteiger partial charge in [0.1, 0.15) is 5.82 Å². The van der Waals surface area contributed by atoms with Crippen molar-refractivity contribution < 1.29 is 28.6 Å². The van der Waals surface area contributed by atoms with Crippen LogP contribution in [-0.4, -0.2) is 41.3 Å². The highest BCUT2D eigenvalue weighted by Gasteiger charge is 2.43. The number of benzene rings is 2. The van der Waals surface area contributed by atoms with Gasteiger partial charge in [-0.15, -0.1) is 0 Å². The Morgan fingerprint density at radius 3 is 2.33 bits per heavy atom. The van der Waals surface area contributed by atoms with Crippen molar-refractivity contribution in [3.8, 4) is 0 Å². The molecule has 0 unspecified atom stereocenters. The van der Waals surface area contributed by atoms with E-state index in [-0.39, 0.29) is 18.5 Å². The summed E-state index contributed by atoms with van der Waals surface area (Å²) in [5.41, 5.74) is 1.25. The summed E-state index contributed by atoms with van der Waals surface area (Å²) in [6, 6.07) is 13.7. The Bertz CT molecular complexity index is 984. The number of nitrogens with zero attached hydrogens (tertiary/aromatic N) is 1. The van der Waals surface area contributed by atoms with Crippen LogP contribution in [0, 0.1) is 5.82 Å². The maximum Gasteiger partial charge on any atom is 0.306 e. The number of aliphatic hydroxyl groups is 1. The number of hydrogen-bond donors (Lipinski definition) is 1. The minimum Gasteiger partial charge on any atom is -0.503 e. The van der Waals surface area contributed by atoms with E-state index in [9.17, 15) is 23.9 Å².